The summed E-state index contributed by atoms with van der Waals surface area (Å²) in [4.78, 5) is 0. The third kappa shape index (κ3) is 3.28. The highest BCUT2D eigenvalue weighted by molar-refractivity contribution is 5.90. The highest BCUT2D eigenvalue weighted by Gasteiger charge is 2.40. The van der Waals surface area contributed by atoms with Gasteiger partial charge in [-0.05, 0) is 67.9 Å². The van der Waals surface area contributed by atoms with E-state index >= 15 is 0 Å². The van der Waals surface area contributed by atoms with Crippen LogP contribution in [0.2, 0.25) is 0 Å². The summed E-state index contributed by atoms with van der Waals surface area (Å²) < 4.78 is 5.86. The Kier molecular flexibility index (Phi) is 5.34. The monoisotopic (exact) mass is 376 g/mol. The zero-order valence-corrected chi connectivity index (χ0v) is 17.4. The van der Waals surface area contributed by atoms with Crippen LogP contribution in [0.4, 0.5) is 17.1 Å². The zero-order valence-electron chi connectivity index (χ0n) is 17.4. The molecule has 0 bridgehead atoms. The first-order valence-electron chi connectivity index (χ1n) is 10.8. The molecular weight excluding hydrogens is 344 g/mol. The quantitative estimate of drug-likeness (QED) is 0.562. The van der Waals surface area contributed by atoms with Crippen LogP contribution in [0.25, 0.3) is 5.57 Å². The minimum absolute atomic E-state index is 0.0825. The van der Waals surface area contributed by atoms with E-state index in [4.69, 9.17) is 4.74 Å². The second kappa shape index (κ2) is 7.90. The summed E-state index contributed by atoms with van der Waals surface area (Å²) in [5.74, 6) is 0.932. The van der Waals surface area contributed by atoms with E-state index in [2.05, 4.69) is 60.9 Å². The van der Waals surface area contributed by atoms with Crippen molar-refractivity contribution in [2.75, 3.05) is 17.7 Å². The number of fused-ring (bicyclic) bond motifs is 2. The fourth-order valence-electron chi connectivity index (χ4n) is 5.07. The molecule has 0 saturated carbocycles. The molecule has 1 unspecified atom stereocenters. The maximum Gasteiger partial charge on any atom is 0.144 e. The van der Waals surface area contributed by atoms with Crippen molar-refractivity contribution in [3.63, 3.8) is 0 Å². The number of ether oxygens (including phenoxy) is 1. The van der Waals surface area contributed by atoms with Gasteiger partial charge in [0, 0.05) is 23.0 Å². The molecule has 2 aliphatic rings. The van der Waals surface area contributed by atoms with Gasteiger partial charge in [-0.25, -0.2) is 0 Å². The lowest BCUT2D eigenvalue weighted by atomic mass is 9.70. The molecule has 0 spiro atoms. The Labute approximate surface area is 169 Å². The van der Waals surface area contributed by atoms with Gasteiger partial charge in [-0.15, -0.1) is 0 Å². The number of hydrogen-bond acceptors (Lipinski definition) is 3. The molecule has 1 atom stereocenters. The Bertz CT molecular complexity index is 872. The van der Waals surface area contributed by atoms with E-state index in [1.807, 2.05) is 6.07 Å². The van der Waals surface area contributed by atoms with Crippen LogP contribution in [0.5, 0.6) is 5.75 Å². The zero-order chi connectivity index (χ0) is 19.6. The van der Waals surface area contributed by atoms with Gasteiger partial charge in [0.1, 0.15) is 5.75 Å². The summed E-state index contributed by atoms with van der Waals surface area (Å²) >= 11 is 0. The van der Waals surface area contributed by atoms with Crippen molar-refractivity contribution in [2.45, 2.75) is 64.3 Å². The summed E-state index contributed by atoms with van der Waals surface area (Å²) in [6.45, 7) is 4.62. The number of para-hydroxylation sites is 1. The molecule has 0 radical (unpaired) electrons. The fraction of sp³-hybridized carbons (Fsp3) is 0.440. The van der Waals surface area contributed by atoms with Crippen molar-refractivity contribution < 1.29 is 4.74 Å². The smallest absolute Gasteiger partial charge is 0.144 e. The summed E-state index contributed by atoms with van der Waals surface area (Å²) in [7, 11) is 1.78. The Morgan fingerprint density at radius 2 is 1.82 bits per heavy atom. The molecule has 148 valence electrons. The standard InChI is InChI=1S/C25H32N2O/c1-4-15-25(5-2)22-14-10-9-13-20(22)21-16-19(17-23(28-3)24(21)27-25)26-18-11-7-6-8-12-18/h6-8,11-12,16-17,26-27H,4-5,9-10,13-15H2,1-3H3. The molecule has 0 aromatic heterocycles. The number of nitrogens with one attached hydrogen (secondary N) is 2. The second-order valence-corrected chi connectivity index (χ2v) is 8.07. The Balaban J connectivity index is 1.84. The summed E-state index contributed by atoms with van der Waals surface area (Å²) in [5, 5.41) is 7.51. The van der Waals surface area contributed by atoms with E-state index in [0.29, 0.717) is 0 Å². The molecule has 1 aliphatic heterocycles. The summed E-state index contributed by atoms with van der Waals surface area (Å²) in [6, 6.07) is 14.8. The van der Waals surface area contributed by atoms with Crippen molar-refractivity contribution in [2.24, 2.45) is 0 Å². The van der Waals surface area contributed by atoms with E-state index in [-0.39, 0.29) is 5.54 Å². The van der Waals surface area contributed by atoms with E-state index in [1.165, 1.54) is 49.8 Å². The number of rotatable bonds is 6. The summed E-state index contributed by atoms with van der Waals surface area (Å²) in [5.41, 5.74) is 7.98. The maximum atomic E-state index is 5.86. The van der Waals surface area contributed by atoms with E-state index in [1.54, 1.807) is 18.3 Å². The lowest BCUT2D eigenvalue weighted by Gasteiger charge is -2.45. The fourth-order valence-corrected chi connectivity index (χ4v) is 5.07. The molecule has 2 aromatic carbocycles. The third-order valence-electron chi connectivity index (χ3n) is 6.40. The normalized spacial score (nSPS) is 20.8. The van der Waals surface area contributed by atoms with Gasteiger partial charge in [-0.1, -0.05) is 38.5 Å². The van der Waals surface area contributed by atoms with Crippen molar-refractivity contribution in [1.82, 2.24) is 0 Å². The van der Waals surface area contributed by atoms with E-state index < -0.39 is 0 Å². The highest BCUT2D eigenvalue weighted by Crippen LogP contribution is 2.52. The van der Waals surface area contributed by atoms with Crippen molar-refractivity contribution in [3.05, 3.63) is 53.6 Å². The van der Waals surface area contributed by atoms with Crippen LogP contribution in [0.15, 0.2) is 48.0 Å². The van der Waals surface area contributed by atoms with Crippen molar-refractivity contribution in [1.29, 1.82) is 0 Å². The van der Waals surface area contributed by atoms with Crippen LogP contribution in [-0.4, -0.2) is 12.6 Å². The van der Waals surface area contributed by atoms with Gasteiger partial charge in [-0.3, -0.25) is 0 Å². The number of methoxy groups -OCH3 is 1. The first kappa shape index (κ1) is 18.9. The van der Waals surface area contributed by atoms with Gasteiger partial charge in [-0.2, -0.15) is 0 Å². The van der Waals surface area contributed by atoms with Gasteiger partial charge in [0.05, 0.1) is 18.3 Å². The van der Waals surface area contributed by atoms with Gasteiger partial charge in [0.15, 0.2) is 0 Å². The predicted molar refractivity (Wildman–Crippen MR) is 120 cm³/mol. The van der Waals surface area contributed by atoms with Gasteiger partial charge in [0.2, 0.25) is 0 Å². The minimum atomic E-state index is 0.0825. The number of hydrogen-bond donors (Lipinski definition) is 2. The predicted octanol–water partition coefficient (Wildman–Crippen LogP) is 7.14. The van der Waals surface area contributed by atoms with Crippen LogP contribution in [-0.2, 0) is 0 Å². The molecule has 4 rings (SSSR count). The number of benzene rings is 2. The Hall–Kier alpha value is -2.42. The van der Waals surface area contributed by atoms with Crippen LogP contribution in [0, 0.1) is 0 Å². The summed E-state index contributed by atoms with van der Waals surface area (Å²) in [6.07, 6.45) is 8.45. The molecule has 1 heterocycles. The molecule has 3 heteroatoms. The topological polar surface area (TPSA) is 33.3 Å². The molecule has 2 aromatic rings. The van der Waals surface area contributed by atoms with Crippen molar-refractivity contribution >= 4 is 22.6 Å². The largest absolute Gasteiger partial charge is 0.494 e. The maximum absolute atomic E-state index is 5.86. The average Bonchev–Trinajstić information content (AvgIpc) is 2.74. The van der Waals surface area contributed by atoms with Gasteiger partial charge < -0.3 is 15.4 Å². The van der Waals surface area contributed by atoms with E-state index in [9.17, 15) is 0 Å². The molecule has 0 fully saturated rings. The molecular formula is C25H32N2O. The third-order valence-corrected chi connectivity index (χ3v) is 6.40. The first-order chi connectivity index (χ1) is 13.7. The van der Waals surface area contributed by atoms with Crippen LogP contribution in [0.3, 0.4) is 0 Å². The number of anilines is 3. The molecule has 0 amide bonds. The number of allylic oxidation sites excluding steroid dienone is 1. The molecule has 2 N–H and O–H groups in total. The SMILES string of the molecule is CCCC1(CC)Nc2c(OC)cc(Nc3ccccc3)cc2C2=C1CCCC2. The molecule has 3 nitrogen and oxygen atoms in total. The van der Waals surface area contributed by atoms with Crippen LogP contribution >= 0.6 is 0 Å². The minimum Gasteiger partial charge on any atom is -0.494 e. The highest BCUT2D eigenvalue weighted by atomic mass is 16.5. The first-order valence-corrected chi connectivity index (χ1v) is 10.8. The Morgan fingerprint density at radius 3 is 2.54 bits per heavy atom. The van der Waals surface area contributed by atoms with Gasteiger partial charge in [0.25, 0.3) is 0 Å². The van der Waals surface area contributed by atoms with E-state index in [0.717, 1.165) is 23.5 Å². The second-order valence-electron chi connectivity index (χ2n) is 8.07. The van der Waals surface area contributed by atoms with Crippen LogP contribution in [0.1, 0.15) is 64.4 Å². The lowest BCUT2D eigenvalue weighted by molar-refractivity contribution is 0.407. The average molecular weight is 377 g/mol. The van der Waals surface area contributed by atoms with Crippen molar-refractivity contribution in [3.8, 4) is 5.75 Å². The van der Waals surface area contributed by atoms with Gasteiger partial charge >= 0.3 is 0 Å². The molecule has 0 saturated heterocycles. The molecule has 28 heavy (non-hydrogen) atoms. The molecule has 1 aliphatic carbocycles. The lowest BCUT2D eigenvalue weighted by Crippen LogP contribution is -2.43. The van der Waals surface area contributed by atoms with Crippen LogP contribution < -0.4 is 15.4 Å². The Morgan fingerprint density at radius 1 is 1.04 bits per heavy atom.